The van der Waals surface area contributed by atoms with Crippen LogP contribution in [0.25, 0.3) is 0 Å². The molecule has 1 aliphatic rings. The third-order valence-electron chi connectivity index (χ3n) is 4.23. The van der Waals surface area contributed by atoms with E-state index in [2.05, 4.69) is 35.9 Å². The van der Waals surface area contributed by atoms with Gasteiger partial charge in [-0.3, -0.25) is 10.4 Å². The van der Waals surface area contributed by atoms with E-state index in [9.17, 15) is 0 Å². The average Bonchev–Trinajstić information content (AvgIpc) is 2.33. The van der Waals surface area contributed by atoms with Gasteiger partial charge in [-0.25, -0.2) is 0 Å². The average molecular weight is 261 g/mol. The molecule has 0 radical (unpaired) electrons. The molecule has 19 heavy (non-hydrogen) atoms. The predicted octanol–water partition coefficient (Wildman–Crippen LogP) is 1.29. The second-order valence-electron chi connectivity index (χ2n) is 5.64. The van der Waals surface area contributed by atoms with E-state index in [0.29, 0.717) is 11.2 Å². The molecule has 0 bridgehead atoms. The monoisotopic (exact) mass is 261 g/mol. The second-order valence-corrected chi connectivity index (χ2v) is 5.64. The lowest BCUT2D eigenvalue weighted by Crippen LogP contribution is -2.56. The van der Waals surface area contributed by atoms with Crippen LogP contribution < -0.4 is 10.6 Å². The van der Waals surface area contributed by atoms with Gasteiger partial charge in [0.1, 0.15) is 11.5 Å². The van der Waals surface area contributed by atoms with Crippen molar-refractivity contribution < 1.29 is 0 Å². The van der Waals surface area contributed by atoms with E-state index in [1.165, 1.54) is 19.3 Å². The Morgan fingerprint density at radius 2 is 2.05 bits per heavy atom. The van der Waals surface area contributed by atoms with E-state index in [1.807, 2.05) is 6.07 Å². The first kappa shape index (κ1) is 13.8. The highest BCUT2D eigenvalue weighted by atomic mass is 15.2. The highest BCUT2D eigenvalue weighted by Crippen LogP contribution is 2.37. The molecule has 0 atom stereocenters. The smallest absolute Gasteiger partial charge is 0.141 e. The normalized spacial score (nSPS) is 17.1. The van der Waals surface area contributed by atoms with Crippen LogP contribution in [0.15, 0.2) is 18.3 Å². The summed E-state index contributed by atoms with van der Waals surface area (Å²) >= 11 is 0. The van der Waals surface area contributed by atoms with Crippen molar-refractivity contribution in [1.29, 1.82) is 5.41 Å². The summed E-state index contributed by atoms with van der Waals surface area (Å²) in [6.45, 7) is 1.00. The van der Waals surface area contributed by atoms with Crippen LogP contribution in [0.2, 0.25) is 0 Å². The zero-order chi connectivity index (χ0) is 14.0. The lowest BCUT2D eigenvalue weighted by Gasteiger charge is -2.49. The molecule has 0 aromatic carbocycles. The van der Waals surface area contributed by atoms with Crippen LogP contribution in [0.1, 0.15) is 25.0 Å². The molecule has 1 heterocycles. The number of amidine groups is 1. The molecule has 0 saturated heterocycles. The van der Waals surface area contributed by atoms with E-state index in [1.54, 1.807) is 12.3 Å². The van der Waals surface area contributed by atoms with Gasteiger partial charge in [0.25, 0.3) is 0 Å². The van der Waals surface area contributed by atoms with Gasteiger partial charge >= 0.3 is 0 Å². The molecular weight excluding hydrogens is 238 g/mol. The third kappa shape index (κ3) is 2.71. The molecule has 0 unspecified atom stereocenters. The van der Waals surface area contributed by atoms with Crippen molar-refractivity contribution in [2.75, 3.05) is 32.6 Å². The summed E-state index contributed by atoms with van der Waals surface area (Å²) in [5.41, 5.74) is 7.31. The number of likely N-dealkylation sites (N-methyl/N-ethyl adjacent to an activating group) is 2. The Bertz CT molecular complexity index is 447. The molecule has 0 amide bonds. The summed E-state index contributed by atoms with van der Waals surface area (Å²) in [4.78, 5) is 8.78. The summed E-state index contributed by atoms with van der Waals surface area (Å²) in [5, 5.41) is 7.35. The zero-order valence-electron chi connectivity index (χ0n) is 12.0. The molecule has 1 aliphatic carbocycles. The fourth-order valence-corrected chi connectivity index (χ4v) is 2.64. The summed E-state index contributed by atoms with van der Waals surface area (Å²) < 4.78 is 0. The molecule has 1 fully saturated rings. The Hall–Kier alpha value is -1.62. The van der Waals surface area contributed by atoms with Crippen molar-refractivity contribution >= 4 is 11.5 Å². The zero-order valence-corrected chi connectivity index (χ0v) is 12.0. The van der Waals surface area contributed by atoms with Crippen molar-refractivity contribution in [2.45, 2.75) is 24.8 Å². The maximum Gasteiger partial charge on any atom is 0.141 e. The van der Waals surface area contributed by atoms with Gasteiger partial charge in [-0.2, -0.15) is 0 Å². The maximum atomic E-state index is 7.35. The number of aromatic nitrogens is 1. The Balaban J connectivity index is 2.07. The number of nitrogens with zero attached hydrogens (tertiary/aromatic N) is 3. The summed E-state index contributed by atoms with van der Waals surface area (Å²) in [6.07, 6.45) is 5.61. The Morgan fingerprint density at radius 3 is 2.42 bits per heavy atom. The lowest BCUT2D eigenvalue weighted by atomic mass is 9.75. The molecule has 104 valence electrons. The fraction of sp³-hybridized carbons (Fsp3) is 0.571. The topological polar surface area (TPSA) is 69.2 Å². The highest BCUT2D eigenvalue weighted by Gasteiger charge is 2.39. The Labute approximate surface area is 114 Å². The van der Waals surface area contributed by atoms with Gasteiger partial charge in [-0.05, 0) is 45.5 Å². The van der Waals surface area contributed by atoms with Crippen LogP contribution in [-0.4, -0.2) is 48.9 Å². The minimum absolute atomic E-state index is 0.0120. The van der Waals surface area contributed by atoms with Crippen molar-refractivity contribution in [3.63, 3.8) is 0 Å². The quantitative estimate of drug-likeness (QED) is 0.619. The van der Waals surface area contributed by atoms with Gasteiger partial charge in [0.05, 0.1) is 11.9 Å². The van der Waals surface area contributed by atoms with Crippen LogP contribution in [-0.2, 0) is 0 Å². The van der Waals surface area contributed by atoms with Crippen molar-refractivity contribution in [2.24, 2.45) is 5.73 Å². The van der Waals surface area contributed by atoms with Crippen LogP contribution in [0.5, 0.6) is 0 Å². The van der Waals surface area contributed by atoms with Gasteiger partial charge < -0.3 is 15.5 Å². The molecular formula is C14H23N5. The highest BCUT2D eigenvalue weighted by molar-refractivity contribution is 5.93. The largest absolute Gasteiger partial charge is 0.382 e. The second kappa shape index (κ2) is 5.17. The fourth-order valence-electron chi connectivity index (χ4n) is 2.64. The maximum absolute atomic E-state index is 7.35. The van der Waals surface area contributed by atoms with Crippen molar-refractivity contribution in [3.05, 3.63) is 24.0 Å². The third-order valence-corrected chi connectivity index (χ3v) is 4.23. The van der Waals surface area contributed by atoms with E-state index >= 15 is 0 Å². The number of nitrogen functional groups attached to an aromatic ring is 1. The van der Waals surface area contributed by atoms with E-state index in [-0.39, 0.29) is 5.84 Å². The predicted molar refractivity (Wildman–Crippen MR) is 78.8 cm³/mol. The first-order chi connectivity index (χ1) is 8.94. The number of nitrogens with two attached hydrogens (primary N) is 1. The minimum atomic E-state index is 0.0120. The molecule has 3 N–H and O–H groups in total. The summed E-state index contributed by atoms with van der Waals surface area (Å²) in [5.74, 6) is 0.0120. The van der Waals surface area contributed by atoms with E-state index in [4.69, 9.17) is 11.1 Å². The van der Waals surface area contributed by atoms with Crippen molar-refractivity contribution in [1.82, 2.24) is 9.88 Å². The molecule has 0 aliphatic heterocycles. The number of pyridine rings is 1. The molecule has 1 aromatic heterocycles. The first-order valence-corrected chi connectivity index (χ1v) is 6.64. The minimum Gasteiger partial charge on any atom is -0.382 e. The first-order valence-electron chi connectivity index (χ1n) is 6.64. The van der Waals surface area contributed by atoms with Gasteiger partial charge in [-0.15, -0.1) is 0 Å². The number of anilines is 1. The van der Waals surface area contributed by atoms with Crippen LogP contribution >= 0.6 is 0 Å². The molecule has 2 rings (SSSR count). The van der Waals surface area contributed by atoms with Gasteiger partial charge in [-0.1, -0.05) is 0 Å². The van der Waals surface area contributed by atoms with Crippen LogP contribution in [0, 0.1) is 5.41 Å². The molecule has 5 heteroatoms. The van der Waals surface area contributed by atoms with Crippen molar-refractivity contribution in [3.8, 4) is 0 Å². The summed E-state index contributed by atoms with van der Waals surface area (Å²) in [6, 6.07) is 3.78. The number of hydrogen-bond acceptors (Lipinski definition) is 4. The van der Waals surface area contributed by atoms with Gasteiger partial charge in [0, 0.05) is 19.1 Å². The molecule has 1 aromatic rings. The van der Waals surface area contributed by atoms with E-state index in [0.717, 1.165) is 12.2 Å². The Morgan fingerprint density at radius 1 is 1.37 bits per heavy atom. The van der Waals surface area contributed by atoms with Crippen LogP contribution in [0.4, 0.5) is 5.69 Å². The molecule has 0 spiro atoms. The lowest BCUT2D eigenvalue weighted by molar-refractivity contribution is 0.0683. The van der Waals surface area contributed by atoms with Crippen LogP contribution in [0.3, 0.4) is 0 Å². The Kier molecular flexibility index (Phi) is 3.75. The van der Waals surface area contributed by atoms with Gasteiger partial charge in [0.2, 0.25) is 0 Å². The summed E-state index contributed by atoms with van der Waals surface area (Å²) in [7, 11) is 6.40. The molecule has 5 nitrogen and oxygen atoms in total. The SMILES string of the molecule is CN(CC1(N(C)C)CCC1)c1ccc(C(=N)N)nc1. The molecule has 1 saturated carbocycles. The van der Waals surface area contributed by atoms with E-state index < -0.39 is 0 Å². The standard InChI is InChI=1S/C14H23N5/c1-18(2)14(7-4-8-14)10-19(3)11-5-6-12(13(15)16)17-9-11/h5-6,9H,4,7-8,10H2,1-3H3,(H3,15,16). The number of hydrogen-bond donors (Lipinski definition) is 2. The number of rotatable bonds is 5. The van der Waals surface area contributed by atoms with Gasteiger partial charge in [0.15, 0.2) is 0 Å². The number of nitrogens with one attached hydrogen (secondary N) is 1.